The normalized spacial score (nSPS) is 15.4. The lowest BCUT2D eigenvalue weighted by Gasteiger charge is -2.14. The first-order chi connectivity index (χ1) is 9.99. The zero-order valence-corrected chi connectivity index (χ0v) is 17.3. The summed E-state index contributed by atoms with van der Waals surface area (Å²) in [5.41, 5.74) is 1.33. The highest BCUT2D eigenvalue weighted by atomic mass is 127. The van der Waals surface area contributed by atoms with E-state index in [-0.39, 0.29) is 29.4 Å². The zero-order valence-electron chi connectivity index (χ0n) is 14.1. The van der Waals surface area contributed by atoms with Gasteiger partial charge in [0, 0.05) is 36.9 Å². The summed E-state index contributed by atoms with van der Waals surface area (Å²) < 4.78 is 0. The molecular formula is C16H29IN4S. The largest absolute Gasteiger partial charge is 0.357 e. The molecule has 1 saturated carbocycles. The maximum atomic E-state index is 4.73. The molecule has 1 fully saturated rings. The molecule has 126 valence electrons. The summed E-state index contributed by atoms with van der Waals surface area (Å²) in [5.74, 6) is 1.77. The molecule has 0 bridgehead atoms. The van der Waals surface area contributed by atoms with Gasteiger partial charge in [-0.1, -0.05) is 20.8 Å². The highest BCUT2D eigenvalue weighted by molar-refractivity contribution is 14.0. The molecule has 22 heavy (non-hydrogen) atoms. The predicted molar refractivity (Wildman–Crippen MR) is 107 cm³/mol. The van der Waals surface area contributed by atoms with E-state index in [2.05, 4.69) is 48.7 Å². The quantitative estimate of drug-likeness (QED) is 0.407. The first-order valence-electron chi connectivity index (χ1n) is 7.96. The number of aromatic nitrogens is 1. The van der Waals surface area contributed by atoms with Gasteiger partial charge >= 0.3 is 0 Å². The van der Waals surface area contributed by atoms with Gasteiger partial charge in [-0.2, -0.15) is 0 Å². The fraction of sp³-hybridized carbons (Fsp3) is 0.750. The molecule has 1 aliphatic rings. The van der Waals surface area contributed by atoms with Gasteiger partial charge < -0.3 is 10.6 Å². The van der Waals surface area contributed by atoms with Crippen LogP contribution in [0.4, 0.5) is 0 Å². The van der Waals surface area contributed by atoms with Crippen LogP contribution in [-0.4, -0.2) is 30.6 Å². The first-order valence-corrected chi connectivity index (χ1v) is 8.84. The zero-order chi connectivity index (χ0) is 15.3. The van der Waals surface area contributed by atoms with Crippen molar-refractivity contribution in [1.82, 2.24) is 15.6 Å². The third kappa shape index (κ3) is 6.81. The average molecular weight is 436 g/mol. The van der Waals surface area contributed by atoms with Crippen LogP contribution in [-0.2, 0) is 11.8 Å². The molecule has 0 aliphatic heterocycles. The van der Waals surface area contributed by atoms with Gasteiger partial charge in [0.15, 0.2) is 5.96 Å². The molecule has 2 N–H and O–H groups in total. The minimum absolute atomic E-state index is 0. The van der Waals surface area contributed by atoms with E-state index in [0.717, 1.165) is 37.9 Å². The second-order valence-electron chi connectivity index (χ2n) is 6.72. The lowest BCUT2D eigenvalue weighted by molar-refractivity contribution is 0.570. The van der Waals surface area contributed by atoms with Crippen LogP contribution in [0.5, 0.6) is 0 Å². The Labute approximate surface area is 155 Å². The molecule has 1 heterocycles. The third-order valence-electron chi connectivity index (χ3n) is 3.50. The third-order valence-corrected chi connectivity index (χ3v) is 4.41. The van der Waals surface area contributed by atoms with E-state index in [1.54, 1.807) is 11.3 Å². The number of hydrogen-bond acceptors (Lipinski definition) is 3. The van der Waals surface area contributed by atoms with Crippen LogP contribution in [0.1, 0.15) is 51.2 Å². The molecule has 1 aromatic heterocycles. The summed E-state index contributed by atoms with van der Waals surface area (Å²) in [4.78, 5) is 9.36. The van der Waals surface area contributed by atoms with Gasteiger partial charge in [-0.3, -0.25) is 4.99 Å². The van der Waals surface area contributed by atoms with E-state index in [9.17, 15) is 0 Å². The molecule has 0 aromatic carbocycles. The number of nitrogens with one attached hydrogen (secondary N) is 2. The minimum atomic E-state index is 0. The Kier molecular flexibility index (Phi) is 8.10. The van der Waals surface area contributed by atoms with E-state index in [1.165, 1.54) is 23.5 Å². The van der Waals surface area contributed by atoms with E-state index in [0.29, 0.717) is 0 Å². The van der Waals surface area contributed by atoms with Crippen LogP contribution in [0.25, 0.3) is 0 Å². The summed E-state index contributed by atoms with van der Waals surface area (Å²) in [6.45, 7) is 11.5. The van der Waals surface area contributed by atoms with Crippen molar-refractivity contribution in [3.05, 3.63) is 16.1 Å². The molecule has 6 heteroatoms. The SMILES string of the molecule is CCNC(=NCC1CC1)NCCc1nc(C(C)(C)C)cs1.I. The van der Waals surface area contributed by atoms with Crippen molar-refractivity contribution < 1.29 is 0 Å². The molecular weight excluding hydrogens is 407 g/mol. The number of halogens is 1. The lowest BCUT2D eigenvalue weighted by Crippen LogP contribution is -2.38. The van der Waals surface area contributed by atoms with Crippen molar-refractivity contribution in [2.24, 2.45) is 10.9 Å². The standard InChI is InChI=1S/C16H28N4S.HI/c1-5-17-15(19-10-12-6-7-12)18-9-8-14-20-13(11-21-14)16(2,3)4;/h11-12H,5-10H2,1-4H3,(H2,17,18,19);1H. The number of thiazole rings is 1. The fourth-order valence-corrected chi connectivity index (χ4v) is 2.95. The van der Waals surface area contributed by atoms with E-state index in [1.807, 2.05) is 0 Å². The van der Waals surface area contributed by atoms with Gasteiger partial charge in [0.25, 0.3) is 0 Å². The van der Waals surface area contributed by atoms with Crippen LogP contribution in [0.15, 0.2) is 10.4 Å². The first kappa shape index (κ1) is 19.7. The highest BCUT2D eigenvalue weighted by Gasteiger charge is 2.20. The van der Waals surface area contributed by atoms with Crippen molar-refractivity contribution in [3.8, 4) is 0 Å². The Balaban J connectivity index is 0.00000242. The van der Waals surface area contributed by atoms with Gasteiger partial charge in [0.1, 0.15) is 0 Å². The number of hydrogen-bond donors (Lipinski definition) is 2. The monoisotopic (exact) mass is 436 g/mol. The number of nitrogens with zero attached hydrogens (tertiary/aromatic N) is 2. The van der Waals surface area contributed by atoms with Crippen molar-refractivity contribution in [3.63, 3.8) is 0 Å². The van der Waals surface area contributed by atoms with Gasteiger partial charge in [-0.05, 0) is 25.7 Å². The highest BCUT2D eigenvalue weighted by Crippen LogP contribution is 2.28. The summed E-state index contributed by atoms with van der Waals surface area (Å²) >= 11 is 1.76. The van der Waals surface area contributed by atoms with E-state index >= 15 is 0 Å². The maximum Gasteiger partial charge on any atom is 0.191 e. The smallest absolute Gasteiger partial charge is 0.191 e. The van der Waals surface area contributed by atoms with Gasteiger partial charge in [-0.25, -0.2) is 4.98 Å². The molecule has 0 radical (unpaired) electrons. The van der Waals surface area contributed by atoms with Crippen LogP contribution in [0.2, 0.25) is 0 Å². The molecule has 0 amide bonds. The van der Waals surface area contributed by atoms with Crippen LogP contribution < -0.4 is 10.6 Å². The molecule has 0 atom stereocenters. The minimum Gasteiger partial charge on any atom is -0.357 e. The second kappa shape index (κ2) is 9.05. The average Bonchev–Trinajstić information content (AvgIpc) is 3.11. The predicted octanol–water partition coefficient (Wildman–Crippen LogP) is 3.57. The van der Waals surface area contributed by atoms with Gasteiger partial charge in [-0.15, -0.1) is 35.3 Å². The molecule has 0 saturated heterocycles. The Morgan fingerprint density at radius 3 is 2.64 bits per heavy atom. The van der Waals surface area contributed by atoms with Crippen LogP contribution in [0.3, 0.4) is 0 Å². The van der Waals surface area contributed by atoms with Crippen molar-refractivity contribution in [2.45, 2.75) is 52.4 Å². The number of aliphatic imine (C=N–C) groups is 1. The molecule has 2 rings (SSSR count). The Morgan fingerprint density at radius 1 is 1.36 bits per heavy atom. The molecule has 1 aromatic rings. The summed E-state index contributed by atoms with van der Waals surface area (Å²) in [6.07, 6.45) is 3.64. The maximum absolute atomic E-state index is 4.73. The van der Waals surface area contributed by atoms with Crippen molar-refractivity contribution >= 4 is 41.3 Å². The van der Waals surface area contributed by atoms with Crippen molar-refractivity contribution in [2.75, 3.05) is 19.6 Å². The van der Waals surface area contributed by atoms with Crippen molar-refractivity contribution in [1.29, 1.82) is 0 Å². The summed E-state index contributed by atoms with van der Waals surface area (Å²) in [6, 6.07) is 0. The van der Waals surface area contributed by atoms with E-state index < -0.39 is 0 Å². The summed E-state index contributed by atoms with van der Waals surface area (Å²) in [5, 5.41) is 10.1. The Hall–Kier alpha value is -0.370. The number of rotatable bonds is 6. The molecule has 0 unspecified atom stereocenters. The summed E-state index contributed by atoms with van der Waals surface area (Å²) in [7, 11) is 0. The molecule has 1 aliphatic carbocycles. The Morgan fingerprint density at radius 2 is 2.09 bits per heavy atom. The molecule has 4 nitrogen and oxygen atoms in total. The van der Waals surface area contributed by atoms with E-state index in [4.69, 9.17) is 4.98 Å². The second-order valence-corrected chi connectivity index (χ2v) is 7.66. The fourth-order valence-electron chi connectivity index (χ4n) is 1.92. The van der Waals surface area contributed by atoms with Gasteiger partial charge in [0.05, 0.1) is 10.7 Å². The topological polar surface area (TPSA) is 49.3 Å². The Bertz CT molecular complexity index is 475. The van der Waals surface area contributed by atoms with Crippen LogP contribution in [0, 0.1) is 5.92 Å². The molecule has 0 spiro atoms. The van der Waals surface area contributed by atoms with Crippen LogP contribution >= 0.6 is 35.3 Å². The lowest BCUT2D eigenvalue weighted by atomic mass is 9.93. The van der Waals surface area contributed by atoms with Gasteiger partial charge in [0.2, 0.25) is 0 Å². The number of guanidine groups is 1.